The Bertz CT molecular complexity index is 419. The highest BCUT2D eigenvalue weighted by molar-refractivity contribution is 7.98. The van der Waals surface area contributed by atoms with Crippen LogP contribution in [0.15, 0.2) is 11.3 Å². The second-order valence-electron chi connectivity index (χ2n) is 3.43. The molecule has 3 N–H and O–H groups in total. The van der Waals surface area contributed by atoms with Gasteiger partial charge in [0.15, 0.2) is 6.19 Å². The Kier molecular flexibility index (Phi) is 5.36. The molecule has 0 atom stereocenters. The number of aryl methyl sites for hydroxylation is 1. The molecule has 0 amide bonds. The molecule has 6 nitrogen and oxygen atoms in total. The lowest BCUT2D eigenvalue weighted by Crippen LogP contribution is -2.30. The lowest BCUT2D eigenvalue weighted by molar-refractivity contribution is 0.695. The van der Waals surface area contributed by atoms with E-state index in [1.807, 2.05) is 13.1 Å². The zero-order valence-corrected chi connectivity index (χ0v) is 10.8. The molecule has 0 unspecified atom stereocenters. The smallest absolute Gasteiger partial charge is 0.204 e. The number of aromatic nitrogens is 2. The Morgan fingerprint density at radius 1 is 1.76 bits per heavy atom. The monoisotopic (exact) mass is 252 g/mol. The first kappa shape index (κ1) is 13.4. The van der Waals surface area contributed by atoms with Gasteiger partial charge in [-0.25, -0.2) is 4.98 Å². The lowest BCUT2D eigenvalue weighted by Gasteiger charge is -2.06. The second-order valence-corrected chi connectivity index (χ2v) is 4.53. The van der Waals surface area contributed by atoms with Gasteiger partial charge in [0.25, 0.3) is 0 Å². The van der Waals surface area contributed by atoms with Gasteiger partial charge in [0.05, 0.1) is 18.6 Å². The van der Waals surface area contributed by atoms with Crippen LogP contribution >= 0.6 is 11.8 Å². The van der Waals surface area contributed by atoms with Crippen LogP contribution in [0, 0.1) is 18.4 Å². The fraction of sp³-hybridized carbons (Fsp3) is 0.500. The average Bonchev–Trinajstić information content (AvgIpc) is 2.73. The molecule has 1 aromatic rings. The first-order valence-electron chi connectivity index (χ1n) is 5.15. The number of aliphatic imine (C=N–C) groups is 1. The molecule has 17 heavy (non-hydrogen) atoms. The molecule has 7 heteroatoms. The number of nitriles is 1. The SMILES string of the molecule is Cc1[nH]cnc1CSCCN=C(N)N(C)C#N. The van der Waals surface area contributed by atoms with E-state index in [9.17, 15) is 0 Å². The van der Waals surface area contributed by atoms with Gasteiger partial charge in [-0.05, 0) is 6.92 Å². The Morgan fingerprint density at radius 3 is 3.12 bits per heavy atom. The number of hydrogen-bond donors (Lipinski definition) is 2. The van der Waals surface area contributed by atoms with E-state index >= 15 is 0 Å². The van der Waals surface area contributed by atoms with Crippen LogP contribution in [-0.2, 0) is 5.75 Å². The Labute approximate surface area is 105 Å². The molecule has 1 heterocycles. The van der Waals surface area contributed by atoms with Gasteiger partial charge in [-0.2, -0.15) is 17.0 Å². The third kappa shape index (κ3) is 4.36. The Hall–Kier alpha value is -1.68. The number of nitrogens with two attached hydrogens (primary N) is 1. The zero-order valence-electron chi connectivity index (χ0n) is 9.97. The van der Waals surface area contributed by atoms with E-state index in [-0.39, 0.29) is 5.96 Å². The molecule has 92 valence electrons. The number of H-pyrrole nitrogens is 1. The minimum Gasteiger partial charge on any atom is -0.369 e. The molecule has 0 saturated heterocycles. The fourth-order valence-electron chi connectivity index (χ4n) is 1.08. The van der Waals surface area contributed by atoms with Crippen LogP contribution in [0.1, 0.15) is 11.4 Å². The number of aromatic amines is 1. The van der Waals surface area contributed by atoms with E-state index in [1.165, 1.54) is 4.90 Å². The Morgan fingerprint density at radius 2 is 2.53 bits per heavy atom. The standard InChI is InChI=1S/C10H16N6S/c1-8-9(15-7-14-8)5-17-4-3-13-10(12)16(2)6-11/h7H,3-5H2,1-2H3,(H2,12,13)(H,14,15). The first-order valence-corrected chi connectivity index (χ1v) is 6.30. The van der Waals surface area contributed by atoms with Crippen LogP contribution in [0.4, 0.5) is 0 Å². The summed E-state index contributed by atoms with van der Waals surface area (Å²) in [4.78, 5) is 12.6. The molecular weight excluding hydrogens is 236 g/mol. The summed E-state index contributed by atoms with van der Waals surface area (Å²) in [7, 11) is 1.58. The number of nitrogens with zero attached hydrogens (tertiary/aromatic N) is 4. The normalized spacial score (nSPS) is 11.2. The van der Waals surface area contributed by atoms with Gasteiger partial charge in [-0.1, -0.05) is 0 Å². The third-order valence-corrected chi connectivity index (χ3v) is 3.12. The third-order valence-electron chi connectivity index (χ3n) is 2.18. The van der Waals surface area contributed by atoms with Crippen molar-refractivity contribution in [2.24, 2.45) is 10.7 Å². The molecule has 0 radical (unpaired) electrons. The van der Waals surface area contributed by atoms with Crippen molar-refractivity contribution in [3.05, 3.63) is 17.7 Å². The van der Waals surface area contributed by atoms with Gasteiger partial charge < -0.3 is 10.7 Å². The van der Waals surface area contributed by atoms with E-state index in [4.69, 9.17) is 11.0 Å². The van der Waals surface area contributed by atoms with Crippen molar-refractivity contribution in [3.8, 4) is 6.19 Å². The highest BCUT2D eigenvalue weighted by atomic mass is 32.2. The van der Waals surface area contributed by atoms with Crippen molar-refractivity contribution in [1.29, 1.82) is 5.26 Å². The van der Waals surface area contributed by atoms with Gasteiger partial charge in [-0.3, -0.25) is 9.89 Å². The topological polar surface area (TPSA) is 94.1 Å². The summed E-state index contributed by atoms with van der Waals surface area (Å²) >= 11 is 1.74. The van der Waals surface area contributed by atoms with Gasteiger partial charge in [0.2, 0.25) is 5.96 Å². The summed E-state index contributed by atoms with van der Waals surface area (Å²) in [5.74, 6) is 1.97. The number of rotatable bonds is 5. The van der Waals surface area contributed by atoms with E-state index in [0.717, 1.165) is 22.9 Å². The Balaban J connectivity index is 2.22. The van der Waals surface area contributed by atoms with Crippen molar-refractivity contribution in [2.45, 2.75) is 12.7 Å². The lowest BCUT2D eigenvalue weighted by atomic mass is 10.4. The second kappa shape index (κ2) is 6.81. The van der Waals surface area contributed by atoms with Crippen LogP contribution in [-0.4, -0.2) is 40.2 Å². The summed E-state index contributed by atoms with van der Waals surface area (Å²) in [6, 6.07) is 0. The molecule has 0 aromatic carbocycles. The molecule has 0 aliphatic heterocycles. The number of guanidine groups is 1. The molecular formula is C10H16N6S. The number of thioether (sulfide) groups is 1. The van der Waals surface area contributed by atoms with E-state index in [2.05, 4.69) is 15.0 Å². The largest absolute Gasteiger partial charge is 0.369 e. The van der Waals surface area contributed by atoms with E-state index < -0.39 is 0 Å². The van der Waals surface area contributed by atoms with Crippen LogP contribution in [0.3, 0.4) is 0 Å². The van der Waals surface area contributed by atoms with E-state index in [0.29, 0.717) is 6.54 Å². The number of nitrogens with one attached hydrogen (secondary N) is 1. The number of imidazole rings is 1. The maximum atomic E-state index is 8.56. The summed E-state index contributed by atoms with van der Waals surface area (Å²) in [5, 5.41) is 8.56. The van der Waals surface area contributed by atoms with Crippen molar-refractivity contribution in [3.63, 3.8) is 0 Å². The summed E-state index contributed by atoms with van der Waals surface area (Å²) in [5.41, 5.74) is 7.73. The van der Waals surface area contributed by atoms with Gasteiger partial charge in [-0.15, -0.1) is 0 Å². The molecule has 0 saturated carbocycles. The van der Waals surface area contributed by atoms with Gasteiger partial charge >= 0.3 is 0 Å². The van der Waals surface area contributed by atoms with Crippen molar-refractivity contribution >= 4 is 17.7 Å². The van der Waals surface area contributed by atoms with Crippen LogP contribution < -0.4 is 5.73 Å². The molecule has 0 aliphatic rings. The molecule has 0 bridgehead atoms. The zero-order chi connectivity index (χ0) is 12.7. The first-order chi connectivity index (χ1) is 8.15. The van der Waals surface area contributed by atoms with Gasteiger partial charge in [0, 0.05) is 24.2 Å². The van der Waals surface area contributed by atoms with Crippen molar-refractivity contribution < 1.29 is 0 Å². The predicted octanol–water partition coefficient (Wildman–Crippen LogP) is 0.679. The van der Waals surface area contributed by atoms with E-state index in [1.54, 1.807) is 25.1 Å². The quantitative estimate of drug-likeness (QED) is 0.264. The molecule has 1 aromatic heterocycles. The van der Waals surface area contributed by atoms with Gasteiger partial charge in [0.1, 0.15) is 0 Å². The highest BCUT2D eigenvalue weighted by Gasteiger charge is 2.01. The van der Waals surface area contributed by atoms with Crippen molar-refractivity contribution in [1.82, 2.24) is 14.9 Å². The van der Waals surface area contributed by atoms with Crippen LogP contribution in [0.2, 0.25) is 0 Å². The summed E-state index contributed by atoms with van der Waals surface area (Å²) < 4.78 is 0. The molecule has 0 fully saturated rings. The molecule has 0 spiro atoms. The minimum atomic E-state index is 0.254. The maximum Gasteiger partial charge on any atom is 0.204 e. The molecule has 1 rings (SSSR count). The van der Waals surface area contributed by atoms with Crippen molar-refractivity contribution in [2.75, 3.05) is 19.3 Å². The minimum absolute atomic E-state index is 0.254. The van der Waals surface area contributed by atoms with Crippen LogP contribution in [0.25, 0.3) is 0 Å². The predicted molar refractivity (Wildman–Crippen MR) is 69.4 cm³/mol. The maximum absolute atomic E-state index is 8.56. The number of hydrogen-bond acceptors (Lipinski definition) is 4. The average molecular weight is 252 g/mol. The van der Waals surface area contributed by atoms with Crippen LogP contribution in [0.5, 0.6) is 0 Å². The molecule has 0 aliphatic carbocycles. The summed E-state index contributed by atoms with van der Waals surface area (Å²) in [6.45, 7) is 2.60. The fourth-order valence-corrected chi connectivity index (χ4v) is 1.93. The highest BCUT2D eigenvalue weighted by Crippen LogP contribution is 2.11. The summed E-state index contributed by atoms with van der Waals surface area (Å²) in [6.07, 6.45) is 3.59.